The maximum Gasteiger partial charge on any atom is 0.119 e. The van der Waals surface area contributed by atoms with Gasteiger partial charge in [0.25, 0.3) is 0 Å². The minimum atomic E-state index is -0.0773. The summed E-state index contributed by atoms with van der Waals surface area (Å²) >= 11 is 0. The van der Waals surface area contributed by atoms with Gasteiger partial charge in [0.05, 0.1) is 13.2 Å². The molecule has 0 spiro atoms. The van der Waals surface area contributed by atoms with Crippen molar-refractivity contribution in [3.63, 3.8) is 0 Å². The van der Waals surface area contributed by atoms with Crippen molar-refractivity contribution in [1.29, 1.82) is 5.26 Å². The molecule has 0 aliphatic heterocycles. The summed E-state index contributed by atoms with van der Waals surface area (Å²) in [7, 11) is 1.66. The zero-order valence-corrected chi connectivity index (χ0v) is 11.6. The van der Waals surface area contributed by atoms with E-state index in [2.05, 4.69) is 11.4 Å². The lowest BCUT2D eigenvalue weighted by Crippen LogP contribution is -2.27. The third kappa shape index (κ3) is 3.89. The first-order chi connectivity index (χ1) is 9.33. The van der Waals surface area contributed by atoms with E-state index in [0.29, 0.717) is 5.92 Å². The first kappa shape index (κ1) is 13.7. The van der Waals surface area contributed by atoms with Crippen LogP contribution in [0.3, 0.4) is 0 Å². The summed E-state index contributed by atoms with van der Waals surface area (Å²) in [6, 6.07) is 10.1. The number of benzene rings is 1. The van der Waals surface area contributed by atoms with Gasteiger partial charge in [-0.25, -0.2) is 0 Å². The van der Waals surface area contributed by atoms with Crippen LogP contribution in [0, 0.1) is 17.2 Å². The molecule has 3 nitrogen and oxygen atoms in total. The average Bonchev–Trinajstić information content (AvgIpc) is 2.74. The molecule has 0 bridgehead atoms. The number of nitrogens with one attached hydrogen (secondary N) is 1. The number of nitrogens with zero attached hydrogens (tertiary/aromatic N) is 1. The van der Waals surface area contributed by atoms with Gasteiger partial charge in [-0.1, -0.05) is 25.7 Å². The highest BCUT2D eigenvalue weighted by molar-refractivity contribution is 5.48. The Balaban J connectivity index is 1.99. The van der Waals surface area contributed by atoms with Gasteiger partial charge in [-0.2, -0.15) is 5.26 Å². The molecule has 1 fully saturated rings. The summed E-state index contributed by atoms with van der Waals surface area (Å²) in [6.07, 6.45) is 7.48. The van der Waals surface area contributed by atoms with E-state index in [0.717, 1.165) is 11.4 Å². The fourth-order valence-electron chi connectivity index (χ4n) is 2.77. The predicted octanol–water partition coefficient (Wildman–Crippen LogP) is 3.97. The summed E-state index contributed by atoms with van der Waals surface area (Å²) in [6.45, 7) is 0. The molecule has 0 amide bonds. The van der Waals surface area contributed by atoms with Crippen molar-refractivity contribution in [1.82, 2.24) is 0 Å². The molecule has 1 saturated carbocycles. The van der Waals surface area contributed by atoms with Crippen molar-refractivity contribution in [2.45, 2.75) is 44.6 Å². The quantitative estimate of drug-likeness (QED) is 0.831. The average molecular weight is 258 g/mol. The summed E-state index contributed by atoms with van der Waals surface area (Å²) < 4.78 is 5.14. The van der Waals surface area contributed by atoms with E-state index in [4.69, 9.17) is 4.74 Å². The van der Waals surface area contributed by atoms with E-state index < -0.39 is 0 Å². The van der Waals surface area contributed by atoms with Gasteiger partial charge < -0.3 is 10.1 Å². The molecule has 1 unspecified atom stereocenters. The molecule has 19 heavy (non-hydrogen) atoms. The Hall–Kier alpha value is -1.69. The van der Waals surface area contributed by atoms with Crippen LogP contribution >= 0.6 is 0 Å². The van der Waals surface area contributed by atoms with Crippen LogP contribution in [-0.2, 0) is 0 Å². The van der Waals surface area contributed by atoms with E-state index in [1.165, 1.54) is 38.5 Å². The Labute approximate surface area is 115 Å². The molecule has 3 heteroatoms. The van der Waals surface area contributed by atoms with Crippen LogP contribution < -0.4 is 10.1 Å². The van der Waals surface area contributed by atoms with E-state index in [9.17, 15) is 5.26 Å². The van der Waals surface area contributed by atoms with Crippen LogP contribution in [0.1, 0.15) is 38.5 Å². The minimum Gasteiger partial charge on any atom is -0.497 e. The number of nitriles is 1. The lowest BCUT2D eigenvalue weighted by atomic mass is 9.92. The van der Waals surface area contributed by atoms with Gasteiger partial charge >= 0.3 is 0 Å². The Kier molecular flexibility index (Phi) is 5.09. The second-order valence-corrected chi connectivity index (χ2v) is 5.23. The van der Waals surface area contributed by atoms with E-state index in [1.54, 1.807) is 7.11 Å². The standard InChI is InChI=1S/C16H22N2O/c1-19-15-10-8-14(9-11-15)18-16(12-17)13-6-4-2-3-5-7-13/h8-11,13,16,18H,2-7H2,1H3. The summed E-state index contributed by atoms with van der Waals surface area (Å²) in [4.78, 5) is 0. The molecule has 0 radical (unpaired) electrons. The van der Waals surface area contributed by atoms with Crippen molar-refractivity contribution < 1.29 is 4.74 Å². The molecule has 0 saturated heterocycles. The van der Waals surface area contributed by atoms with E-state index >= 15 is 0 Å². The monoisotopic (exact) mass is 258 g/mol. The third-order valence-corrected chi connectivity index (χ3v) is 3.92. The van der Waals surface area contributed by atoms with E-state index in [-0.39, 0.29) is 6.04 Å². The van der Waals surface area contributed by atoms with Gasteiger partial charge in [-0.05, 0) is 43.0 Å². The van der Waals surface area contributed by atoms with Crippen LogP contribution in [0.25, 0.3) is 0 Å². The molecule has 1 N–H and O–H groups in total. The molecular weight excluding hydrogens is 236 g/mol. The molecule has 1 aromatic carbocycles. The summed E-state index contributed by atoms with van der Waals surface area (Å²) in [5, 5.41) is 12.8. The maximum atomic E-state index is 9.40. The normalized spacial score (nSPS) is 18.1. The Morgan fingerprint density at radius 3 is 2.32 bits per heavy atom. The Morgan fingerprint density at radius 1 is 1.16 bits per heavy atom. The zero-order valence-electron chi connectivity index (χ0n) is 11.6. The lowest BCUT2D eigenvalue weighted by Gasteiger charge is -2.22. The summed E-state index contributed by atoms with van der Waals surface area (Å²) in [5.41, 5.74) is 0.997. The number of methoxy groups -OCH3 is 1. The number of hydrogen-bond acceptors (Lipinski definition) is 3. The number of rotatable bonds is 4. The smallest absolute Gasteiger partial charge is 0.119 e. The maximum absolute atomic E-state index is 9.40. The second kappa shape index (κ2) is 7.04. The predicted molar refractivity (Wildman–Crippen MR) is 77.2 cm³/mol. The van der Waals surface area contributed by atoms with Crippen LogP contribution in [0.5, 0.6) is 5.75 Å². The molecule has 1 atom stereocenters. The fourth-order valence-corrected chi connectivity index (χ4v) is 2.77. The van der Waals surface area contributed by atoms with Crippen molar-refractivity contribution in [3.8, 4) is 11.8 Å². The molecule has 0 aromatic heterocycles. The van der Waals surface area contributed by atoms with Crippen LogP contribution in [0.2, 0.25) is 0 Å². The van der Waals surface area contributed by atoms with Gasteiger partial charge in [-0.15, -0.1) is 0 Å². The number of hydrogen-bond donors (Lipinski definition) is 1. The van der Waals surface area contributed by atoms with Gasteiger partial charge in [0.2, 0.25) is 0 Å². The summed E-state index contributed by atoms with van der Waals surface area (Å²) in [5.74, 6) is 1.32. The SMILES string of the molecule is COc1ccc(NC(C#N)C2CCCCCC2)cc1. The largest absolute Gasteiger partial charge is 0.497 e. The zero-order chi connectivity index (χ0) is 13.5. The first-order valence-corrected chi connectivity index (χ1v) is 7.13. The second-order valence-electron chi connectivity index (χ2n) is 5.23. The van der Waals surface area contributed by atoms with Crippen molar-refractivity contribution in [2.24, 2.45) is 5.92 Å². The molecule has 1 aliphatic rings. The lowest BCUT2D eigenvalue weighted by molar-refractivity contribution is 0.414. The molecule has 1 aliphatic carbocycles. The third-order valence-electron chi connectivity index (χ3n) is 3.92. The molecular formula is C16H22N2O. The Bertz CT molecular complexity index is 413. The molecule has 1 aromatic rings. The van der Waals surface area contributed by atoms with Crippen molar-refractivity contribution in [2.75, 3.05) is 12.4 Å². The molecule has 102 valence electrons. The van der Waals surface area contributed by atoms with Crippen LogP contribution in [-0.4, -0.2) is 13.2 Å². The molecule has 0 heterocycles. The minimum absolute atomic E-state index is 0.0773. The van der Waals surface area contributed by atoms with E-state index in [1.807, 2.05) is 24.3 Å². The number of ether oxygens (including phenoxy) is 1. The van der Waals surface area contributed by atoms with Crippen molar-refractivity contribution in [3.05, 3.63) is 24.3 Å². The highest BCUT2D eigenvalue weighted by Gasteiger charge is 2.22. The molecule has 2 rings (SSSR count). The van der Waals surface area contributed by atoms with Crippen LogP contribution in [0.4, 0.5) is 5.69 Å². The highest BCUT2D eigenvalue weighted by Crippen LogP contribution is 2.27. The number of anilines is 1. The van der Waals surface area contributed by atoms with Gasteiger partial charge in [0, 0.05) is 5.69 Å². The Morgan fingerprint density at radius 2 is 1.79 bits per heavy atom. The van der Waals surface area contributed by atoms with Crippen molar-refractivity contribution >= 4 is 5.69 Å². The first-order valence-electron chi connectivity index (χ1n) is 7.13. The topological polar surface area (TPSA) is 45.0 Å². The van der Waals surface area contributed by atoms with Crippen LogP contribution in [0.15, 0.2) is 24.3 Å². The van der Waals surface area contributed by atoms with Gasteiger partial charge in [0.1, 0.15) is 11.8 Å². The van der Waals surface area contributed by atoms with Gasteiger partial charge in [-0.3, -0.25) is 0 Å². The highest BCUT2D eigenvalue weighted by atomic mass is 16.5. The fraction of sp³-hybridized carbons (Fsp3) is 0.562. The van der Waals surface area contributed by atoms with Gasteiger partial charge in [0.15, 0.2) is 0 Å².